The van der Waals surface area contributed by atoms with Crippen molar-refractivity contribution in [1.82, 2.24) is 0 Å². The minimum Gasteiger partial charge on any atom is -0.0639 e. The molecule has 2 aliphatic rings. The van der Waals surface area contributed by atoms with Crippen LogP contribution in [0.25, 0.3) is 17.2 Å². The average molecular weight is 559 g/mol. The highest BCUT2D eigenvalue weighted by atomic mass is 14.6. The summed E-state index contributed by atoms with van der Waals surface area (Å²) in [7, 11) is 0. The predicted octanol–water partition coefficient (Wildman–Crippen LogP) is 11.2. The van der Waals surface area contributed by atoms with Crippen molar-refractivity contribution in [3.05, 3.63) is 171 Å². The summed E-state index contributed by atoms with van der Waals surface area (Å²) in [5, 5.41) is 0. The summed E-state index contributed by atoms with van der Waals surface area (Å²) in [6, 6.07) is 44.5. The van der Waals surface area contributed by atoms with Crippen molar-refractivity contribution < 1.29 is 0 Å². The van der Waals surface area contributed by atoms with Gasteiger partial charge in [0.1, 0.15) is 0 Å². The number of hydrogen-bond donors (Lipinski definition) is 0. The van der Waals surface area contributed by atoms with Crippen LogP contribution in [0.5, 0.6) is 0 Å². The Bertz CT molecular complexity index is 1730. The Kier molecular flexibility index (Phi) is 6.97. The molecule has 0 heterocycles. The van der Waals surface area contributed by atoms with Gasteiger partial charge in [-0.1, -0.05) is 155 Å². The van der Waals surface area contributed by atoms with Crippen LogP contribution in [0.3, 0.4) is 0 Å². The molecule has 0 fully saturated rings. The van der Waals surface area contributed by atoms with E-state index < -0.39 is 0 Å². The largest absolute Gasteiger partial charge is 0.0639 e. The number of allylic oxidation sites excluding steroid dienone is 1. The van der Waals surface area contributed by atoms with Crippen LogP contribution >= 0.6 is 0 Å². The maximum absolute atomic E-state index is 2.53. The van der Waals surface area contributed by atoms with Gasteiger partial charge in [-0.05, 0) is 86.9 Å². The Balaban J connectivity index is 1.65. The first-order valence-corrected chi connectivity index (χ1v) is 16.2. The van der Waals surface area contributed by atoms with Gasteiger partial charge in [0.2, 0.25) is 0 Å². The van der Waals surface area contributed by atoms with Gasteiger partial charge in [0.25, 0.3) is 0 Å². The molecule has 1 atom stereocenters. The third kappa shape index (κ3) is 4.18. The van der Waals surface area contributed by atoms with E-state index >= 15 is 0 Å². The van der Waals surface area contributed by atoms with Crippen molar-refractivity contribution >= 4 is 6.08 Å². The summed E-state index contributed by atoms with van der Waals surface area (Å²) < 4.78 is 0. The lowest BCUT2D eigenvalue weighted by atomic mass is 9.54. The molecule has 5 aromatic carbocycles. The fraction of sp³-hybridized carbons (Fsp3) is 0.256. The second-order valence-corrected chi connectivity index (χ2v) is 12.9. The van der Waals surface area contributed by atoms with Gasteiger partial charge in [-0.25, -0.2) is 0 Å². The molecule has 7 rings (SSSR count). The molecular weight excluding hydrogens is 516 g/mol. The molecule has 0 radical (unpaired) electrons. The fourth-order valence-corrected chi connectivity index (χ4v) is 8.40. The zero-order chi connectivity index (χ0) is 29.7. The first kappa shape index (κ1) is 27.7. The average Bonchev–Trinajstić information content (AvgIpc) is 3.56. The Hall–Kier alpha value is -4.16. The highest BCUT2D eigenvalue weighted by Gasteiger charge is 2.54. The van der Waals surface area contributed by atoms with Gasteiger partial charge in [-0.2, -0.15) is 0 Å². The van der Waals surface area contributed by atoms with Gasteiger partial charge >= 0.3 is 0 Å². The van der Waals surface area contributed by atoms with Crippen LogP contribution in [0.2, 0.25) is 0 Å². The van der Waals surface area contributed by atoms with Crippen LogP contribution in [0.4, 0.5) is 0 Å². The molecule has 0 N–H and O–H groups in total. The first-order valence-electron chi connectivity index (χ1n) is 16.2. The topological polar surface area (TPSA) is 0 Å². The first-order chi connectivity index (χ1) is 21.0. The minimum absolute atomic E-state index is 0.155. The predicted molar refractivity (Wildman–Crippen MR) is 183 cm³/mol. The van der Waals surface area contributed by atoms with Crippen LogP contribution in [0.15, 0.2) is 121 Å². The van der Waals surface area contributed by atoms with Crippen molar-refractivity contribution in [3.63, 3.8) is 0 Å². The maximum atomic E-state index is 2.53. The molecule has 0 saturated heterocycles. The van der Waals surface area contributed by atoms with Gasteiger partial charge in [0.05, 0.1) is 0 Å². The van der Waals surface area contributed by atoms with Crippen molar-refractivity contribution in [1.29, 1.82) is 0 Å². The van der Waals surface area contributed by atoms with E-state index in [9.17, 15) is 0 Å². The zero-order valence-electron chi connectivity index (χ0n) is 26.2. The van der Waals surface area contributed by atoms with E-state index in [1.54, 1.807) is 0 Å². The standard InChI is InChI=1S/C43H42/c1-6-30-21-23-35-36-24-22-31(7-2)27-40(36)42(39(35)26-30)43(32-15-10-8-11-16-32,33-17-12-9-13-18-33)41-29(5)25-38-34(28(3)4)19-14-20-37(38)41/h8-28,41-42H,6-7H2,1-5H3. The van der Waals surface area contributed by atoms with Crippen molar-refractivity contribution in [3.8, 4) is 11.1 Å². The molecule has 214 valence electrons. The van der Waals surface area contributed by atoms with Crippen LogP contribution in [0.1, 0.15) is 102 Å². The summed E-state index contributed by atoms with van der Waals surface area (Å²) in [5.74, 6) is 0.806. The number of hydrogen-bond acceptors (Lipinski definition) is 0. The van der Waals surface area contributed by atoms with Crippen LogP contribution in [-0.2, 0) is 18.3 Å². The van der Waals surface area contributed by atoms with Gasteiger partial charge in [0, 0.05) is 17.3 Å². The molecule has 1 unspecified atom stereocenters. The van der Waals surface area contributed by atoms with Gasteiger partial charge in [-0.15, -0.1) is 0 Å². The van der Waals surface area contributed by atoms with E-state index in [1.165, 1.54) is 66.8 Å². The number of rotatable bonds is 7. The summed E-state index contributed by atoms with van der Waals surface area (Å²) in [6.45, 7) is 11.6. The van der Waals surface area contributed by atoms with Crippen LogP contribution in [0, 0.1) is 0 Å². The van der Waals surface area contributed by atoms with Gasteiger partial charge in [0.15, 0.2) is 0 Å². The van der Waals surface area contributed by atoms with Crippen molar-refractivity contribution in [2.24, 2.45) is 0 Å². The summed E-state index contributed by atoms with van der Waals surface area (Å²) in [4.78, 5) is 0. The van der Waals surface area contributed by atoms with E-state index in [-0.39, 0.29) is 17.3 Å². The van der Waals surface area contributed by atoms with E-state index in [0.29, 0.717) is 5.92 Å². The quantitative estimate of drug-likeness (QED) is 0.186. The van der Waals surface area contributed by atoms with E-state index in [0.717, 1.165) is 12.8 Å². The molecule has 0 spiro atoms. The molecule has 0 nitrogen and oxygen atoms in total. The molecule has 0 saturated carbocycles. The molecule has 0 aliphatic heterocycles. The second kappa shape index (κ2) is 10.8. The zero-order valence-corrected chi connectivity index (χ0v) is 26.2. The molecule has 5 aromatic rings. The SMILES string of the molecule is CCc1ccc2c(c1)C(C(c1ccccc1)(c1ccccc1)C1C(C)=Cc3c(C(C)C)cccc31)c1cc(CC)ccc1-2. The maximum Gasteiger partial charge on any atom is 0.0418 e. The fourth-order valence-electron chi connectivity index (χ4n) is 8.40. The van der Waals surface area contributed by atoms with Gasteiger partial charge in [-0.3, -0.25) is 0 Å². The van der Waals surface area contributed by atoms with Crippen LogP contribution in [-0.4, -0.2) is 0 Å². The van der Waals surface area contributed by atoms with E-state index in [2.05, 4.69) is 156 Å². The van der Waals surface area contributed by atoms with E-state index in [4.69, 9.17) is 0 Å². The summed E-state index contributed by atoms with van der Waals surface area (Å²) in [5.41, 5.74) is 16.7. The third-order valence-corrected chi connectivity index (χ3v) is 10.3. The molecule has 2 aliphatic carbocycles. The van der Waals surface area contributed by atoms with Gasteiger partial charge < -0.3 is 0 Å². The highest BCUT2D eigenvalue weighted by molar-refractivity contribution is 5.83. The molecule has 0 bridgehead atoms. The Morgan fingerprint density at radius 3 is 1.60 bits per heavy atom. The lowest BCUT2D eigenvalue weighted by molar-refractivity contribution is 0.405. The van der Waals surface area contributed by atoms with E-state index in [1.807, 2.05) is 0 Å². The smallest absolute Gasteiger partial charge is 0.0418 e. The number of benzene rings is 5. The van der Waals surface area contributed by atoms with Crippen molar-refractivity contribution in [2.45, 2.75) is 70.6 Å². The molecule has 0 heteroatoms. The summed E-state index contributed by atoms with van der Waals surface area (Å²) >= 11 is 0. The Morgan fingerprint density at radius 1 is 0.581 bits per heavy atom. The number of fused-ring (bicyclic) bond motifs is 4. The minimum atomic E-state index is -0.358. The lowest BCUT2D eigenvalue weighted by Crippen LogP contribution is -2.41. The van der Waals surface area contributed by atoms with Crippen molar-refractivity contribution in [2.75, 3.05) is 0 Å². The molecular formula is C43H42. The monoisotopic (exact) mass is 558 g/mol. The highest BCUT2D eigenvalue weighted by Crippen LogP contribution is 2.64. The summed E-state index contributed by atoms with van der Waals surface area (Å²) in [6.07, 6.45) is 4.57. The molecule has 0 amide bonds. The Labute approximate surface area is 258 Å². The normalized spacial score (nSPS) is 15.8. The van der Waals surface area contributed by atoms with Crippen LogP contribution < -0.4 is 0 Å². The third-order valence-electron chi connectivity index (χ3n) is 10.3. The second-order valence-electron chi connectivity index (χ2n) is 12.9. The number of aryl methyl sites for hydroxylation is 2. The molecule has 43 heavy (non-hydrogen) atoms. The lowest BCUT2D eigenvalue weighted by Gasteiger charge is -2.47. The Morgan fingerprint density at radius 2 is 1.12 bits per heavy atom. The molecule has 0 aromatic heterocycles.